The Morgan fingerprint density at radius 1 is 1.04 bits per heavy atom. The third-order valence-electron chi connectivity index (χ3n) is 3.11. The van der Waals surface area contributed by atoms with Crippen molar-refractivity contribution in [3.05, 3.63) is 32.7 Å². The molecule has 0 spiro atoms. The van der Waals surface area contributed by atoms with Crippen LogP contribution in [0, 0.1) is 5.92 Å². The number of benzene rings is 1. The van der Waals surface area contributed by atoms with Gasteiger partial charge in [-0.2, -0.15) is 0 Å². The summed E-state index contributed by atoms with van der Waals surface area (Å²) in [4.78, 5) is 35.7. The molecule has 0 saturated carbocycles. The maximum atomic E-state index is 12.3. The minimum Gasteiger partial charge on any atom is -0.469 e. The molecule has 126 valence electrons. The highest BCUT2D eigenvalue weighted by atomic mass is 79.9. The molecule has 6 nitrogen and oxygen atoms in total. The van der Waals surface area contributed by atoms with E-state index in [0.29, 0.717) is 5.56 Å². The number of amides is 1. The van der Waals surface area contributed by atoms with Crippen LogP contribution in [0.15, 0.2) is 27.1 Å². The van der Waals surface area contributed by atoms with Crippen LogP contribution < -0.4 is 5.32 Å². The fraction of sp³-hybridized carbons (Fsp3) is 0.400. The van der Waals surface area contributed by atoms with E-state index in [1.807, 2.05) is 0 Å². The van der Waals surface area contributed by atoms with Gasteiger partial charge in [0.15, 0.2) is 0 Å². The van der Waals surface area contributed by atoms with E-state index < -0.39 is 29.8 Å². The van der Waals surface area contributed by atoms with Crippen molar-refractivity contribution >= 4 is 49.7 Å². The van der Waals surface area contributed by atoms with E-state index in [1.165, 1.54) is 14.2 Å². The van der Waals surface area contributed by atoms with Crippen molar-refractivity contribution in [3.63, 3.8) is 0 Å². The molecule has 0 unspecified atom stereocenters. The molecular weight excluding hydrogens is 434 g/mol. The van der Waals surface area contributed by atoms with Crippen molar-refractivity contribution in [2.45, 2.75) is 19.4 Å². The first-order valence-corrected chi connectivity index (χ1v) is 8.29. The predicted octanol–water partition coefficient (Wildman–Crippen LogP) is 2.68. The molecule has 1 rings (SSSR count). The second-order valence-electron chi connectivity index (χ2n) is 4.87. The number of esters is 2. The molecule has 1 aromatic carbocycles. The normalized spacial score (nSPS) is 12.9. The van der Waals surface area contributed by atoms with Gasteiger partial charge >= 0.3 is 11.9 Å². The first-order valence-electron chi connectivity index (χ1n) is 6.71. The Hall–Kier alpha value is -1.41. The molecule has 0 fully saturated rings. The number of hydrogen-bond donors (Lipinski definition) is 1. The molecule has 1 aromatic rings. The summed E-state index contributed by atoms with van der Waals surface area (Å²) in [7, 11) is 2.49. The average molecular weight is 451 g/mol. The molecule has 0 saturated heterocycles. The van der Waals surface area contributed by atoms with Gasteiger partial charge in [-0.3, -0.25) is 9.59 Å². The summed E-state index contributed by atoms with van der Waals surface area (Å²) in [5.74, 6) is -2.08. The summed E-state index contributed by atoms with van der Waals surface area (Å²) in [6.45, 7) is 1.61. The summed E-state index contributed by atoms with van der Waals surface area (Å²) in [6, 6.07) is 4.09. The zero-order valence-corrected chi connectivity index (χ0v) is 16.1. The number of halogens is 2. The fourth-order valence-corrected chi connectivity index (χ4v) is 3.23. The topological polar surface area (TPSA) is 81.7 Å². The van der Waals surface area contributed by atoms with Gasteiger partial charge < -0.3 is 14.8 Å². The molecule has 0 heterocycles. The van der Waals surface area contributed by atoms with Crippen LogP contribution in [-0.2, 0) is 19.1 Å². The molecule has 23 heavy (non-hydrogen) atoms. The van der Waals surface area contributed by atoms with Crippen LogP contribution in [0.25, 0.3) is 0 Å². The first kappa shape index (κ1) is 19.6. The van der Waals surface area contributed by atoms with Crippen molar-refractivity contribution in [1.82, 2.24) is 5.32 Å². The Bertz CT molecular complexity index is 585. The second-order valence-corrected chi connectivity index (χ2v) is 6.70. The monoisotopic (exact) mass is 449 g/mol. The van der Waals surface area contributed by atoms with Gasteiger partial charge in [0.1, 0.15) is 6.04 Å². The van der Waals surface area contributed by atoms with Gasteiger partial charge in [0.2, 0.25) is 0 Å². The molecule has 0 bridgehead atoms. The zero-order chi connectivity index (χ0) is 17.6. The van der Waals surface area contributed by atoms with Crippen LogP contribution in [0.5, 0.6) is 0 Å². The van der Waals surface area contributed by atoms with Crippen molar-refractivity contribution in [3.8, 4) is 0 Å². The minimum absolute atomic E-state index is 0.0836. The number of hydrogen-bond acceptors (Lipinski definition) is 5. The number of methoxy groups -OCH3 is 2. The summed E-state index contributed by atoms with van der Waals surface area (Å²) >= 11 is 6.59. The number of nitrogens with one attached hydrogen (secondary N) is 1. The fourth-order valence-electron chi connectivity index (χ4n) is 1.93. The van der Waals surface area contributed by atoms with Gasteiger partial charge in [-0.1, -0.05) is 38.8 Å². The van der Waals surface area contributed by atoms with Crippen molar-refractivity contribution in [2.24, 2.45) is 5.92 Å². The predicted molar refractivity (Wildman–Crippen MR) is 90.9 cm³/mol. The molecule has 1 N–H and O–H groups in total. The van der Waals surface area contributed by atoms with E-state index in [0.717, 1.165) is 8.95 Å². The molecule has 1 amide bonds. The number of carbonyl (C=O) groups is 3. The lowest BCUT2D eigenvalue weighted by Gasteiger charge is -2.19. The van der Waals surface area contributed by atoms with E-state index in [2.05, 4.69) is 46.7 Å². The van der Waals surface area contributed by atoms with E-state index in [1.54, 1.807) is 25.1 Å². The molecular formula is C15H17Br2NO5. The van der Waals surface area contributed by atoms with Crippen molar-refractivity contribution in [2.75, 3.05) is 14.2 Å². The van der Waals surface area contributed by atoms with E-state index >= 15 is 0 Å². The molecule has 0 aliphatic carbocycles. The van der Waals surface area contributed by atoms with Gasteiger partial charge in [0, 0.05) is 14.5 Å². The van der Waals surface area contributed by atoms with Crippen LogP contribution in [0.2, 0.25) is 0 Å². The third kappa shape index (κ3) is 5.95. The highest BCUT2D eigenvalue weighted by molar-refractivity contribution is 9.11. The summed E-state index contributed by atoms with van der Waals surface area (Å²) in [5, 5.41) is 2.59. The summed E-state index contributed by atoms with van der Waals surface area (Å²) in [6.07, 6.45) is 0.0836. The number of rotatable bonds is 6. The van der Waals surface area contributed by atoms with Crippen molar-refractivity contribution in [1.29, 1.82) is 0 Å². The van der Waals surface area contributed by atoms with Gasteiger partial charge in [-0.15, -0.1) is 0 Å². The van der Waals surface area contributed by atoms with E-state index in [-0.39, 0.29) is 6.42 Å². The zero-order valence-electron chi connectivity index (χ0n) is 12.9. The molecule has 0 aliphatic heterocycles. The maximum absolute atomic E-state index is 12.3. The van der Waals surface area contributed by atoms with E-state index in [9.17, 15) is 14.4 Å². The maximum Gasteiger partial charge on any atom is 0.328 e. The minimum atomic E-state index is -0.945. The smallest absolute Gasteiger partial charge is 0.328 e. The molecule has 2 atom stereocenters. The SMILES string of the molecule is COC(=O)[C@H](C)C[C@@H](NC(=O)c1cc(Br)cc(Br)c1)C(=O)OC. The van der Waals surface area contributed by atoms with Gasteiger partial charge in [0.25, 0.3) is 5.91 Å². The largest absolute Gasteiger partial charge is 0.469 e. The number of ether oxygens (including phenoxy) is 2. The van der Waals surface area contributed by atoms with Crippen molar-refractivity contribution < 1.29 is 23.9 Å². The summed E-state index contributed by atoms with van der Waals surface area (Å²) < 4.78 is 10.8. The average Bonchev–Trinajstić information content (AvgIpc) is 2.51. The van der Waals surface area contributed by atoms with E-state index in [4.69, 9.17) is 0 Å². The Kier molecular flexibility index (Phi) is 7.70. The highest BCUT2D eigenvalue weighted by Crippen LogP contribution is 2.20. The van der Waals surface area contributed by atoms with Gasteiger partial charge in [-0.25, -0.2) is 4.79 Å². The van der Waals surface area contributed by atoms with Crippen LogP contribution >= 0.6 is 31.9 Å². The lowest BCUT2D eigenvalue weighted by atomic mass is 10.0. The molecule has 8 heteroatoms. The lowest BCUT2D eigenvalue weighted by Crippen LogP contribution is -2.43. The van der Waals surface area contributed by atoms with Gasteiger partial charge in [-0.05, 0) is 24.6 Å². The number of carbonyl (C=O) groups excluding carboxylic acids is 3. The Balaban J connectivity index is 2.90. The standard InChI is InChI=1S/C15H17Br2NO5/c1-8(14(20)22-2)4-12(15(21)23-3)18-13(19)9-5-10(16)7-11(17)6-9/h5-8,12H,4H2,1-3H3,(H,18,19)/t8-,12-/m1/s1. The van der Waals surface area contributed by atoms with Crippen LogP contribution in [0.4, 0.5) is 0 Å². The molecule has 0 radical (unpaired) electrons. The Morgan fingerprint density at radius 2 is 1.57 bits per heavy atom. The summed E-state index contributed by atoms with van der Waals surface area (Å²) in [5.41, 5.74) is 0.367. The first-order chi connectivity index (χ1) is 10.8. The second kappa shape index (κ2) is 9.02. The van der Waals surface area contributed by atoms with Gasteiger partial charge in [0.05, 0.1) is 20.1 Å². The van der Waals surface area contributed by atoms with Crippen LogP contribution in [0.1, 0.15) is 23.7 Å². The molecule has 0 aromatic heterocycles. The molecule has 0 aliphatic rings. The van der Waals surface area contributed by atoms with Crippen LogP contribution in [0.3, 0.4) is 0 Å². The highest BCUT2D eigenvalue weighted by Gasteiger charge is 2.27. The Labute approximate surface area is 151 Å². The quantitative estimate of drug-likeness (QED) is 0.673. The van der Waals surface area contributed by atoms with Crippen LogP contribution in [-0.4, -0.2) is 38.1 Å². The third-order valence-corrected chi connectivity index (χ3v) is 4.02. The lowest BCUT2D eigenvalue weighted by molar-refractivity contribution is -0.147. The Morgan fingerprint density at radius 3 is 2.04 bits per heavy atom.